The van der Waals surface area contributed by atoms with E-state index in [0.29, 0.717) is 5.56 Å². The molecule has 4 N–H and O–H groups in total. The zero-order valence-corrected chi connectivity index (χ0v) is 12.7. The lowest BCUT2D eigenvalue weighted by Gasteiger charge is -2.08. The Morgan fingerprint density at radius 3 is 2.54 bits per heavy atom. The highest BCUT2D eigenvalue weighted by Gasteiger charge is 2.15. The summed E-state index contributed by atoms with van der Waals surface area (Å²) in [6, 6.07) is 8.43. The molecule has 2 rings (SSSR count). The Bertz CT molecular complexity index is 813. The predicted octanol–water partition coefficient (Wildman–Crippen LogP) is 2.46. The first kappa shape index (κ1) is 16.9. The van der Waals surface area contributed by atoms with Gasteiger partial charge in [-0.05, 0) is 35.9 Å². The number of anilines is 1. The molecule has 0 atom stereocenters. The maximum Gasteiger partial charge on any atom is 0.337 e. The molecule has 0 aromatic heterocycles. The molecule has 0 aliphatic rings. The van der Waals surface area contributed by atoms with Gasteiger partial charge < -0.3 is 25.4 Å². The van der Waals surface area contributed by atoms with Crippen molar-refractivity contribution in [2.45, 2.75) is 0 Å². The van der Waals surface area contributed by atoms with Crippen LogP contribution in [0.15, 0.2) is 42.5 Å². The molecule has 0 saturated carbocycles. The van der Waals surface area contributed by atoms with Crippen LogP contribution < -0.4 is 10.1 Å². The van der Waals surface area contributed by atoms with Gasteiger partial charge in [-0.3, -0.25) is 4.79 Å². The fourth-order valence-corrected chi connectivity index (χ4v) is 1.98. The summed E-state index contributed by atoms with van der Waals surface area (Å²) in [5, 5.41) is 30.6. The zero-order valence-electron chi connectivity index (χ0n) is 12.7. The summed E-state index contributed by atoms with van der Waals surface area (Å²) in [6.45, 7) is 0. The molecule has 0 radical (unpaired) electrons. The van der Waals surface area contributed by atoms with Crippen LogP contribution in [-0.2, 0) is 4.79 Å². The van der Waals surface area contributed by atoms with E-state index in [1.807, 2.05) is 0 Å². The lowest BCUT2D eigenvalue weighted by molar-refractivity contribution is -0.111. The maximum absolute atomic E-state index is 12.0. The van der Waals surface area contributed by atoms with Crippen LogP contribution in [0.25, 0.3) is 6.08 Å². The normalized spacial score (nSPS) is 10.5. The number of hydrogen-bond acceptors (Lipinski definition) is 5. The van der Waals surface area contributed by atoms with E-state index in [1.165, 1.54) is 49.6 Å². The Balaban J connectivity index is 2.18. The van der Waals surface area contributed by atoms with Crippen LogP contribution in [-0.4, -0.2) is 34.3 Å². The molecular formula is C17H15NO6. The molecule has 0 aliphatic heterocycles. The Labute approximate surface area is 137 Å². The van der Waals surface area contributed by atoms with E-state index >= 15 is 0 Å². The summed E-state index contributed by atoms with van der Waals surface area (Å²) in [5.41, 5.74) is 0.196. The highest BCUT2D eigenvalue weighted by molar-refractivity contribution is 6.07. The molecule has 24 heavy (non-hydrogen) atoms. The number of benzene rings is 2. The van der Waals surface area contributed by atoms with Crippen LogP contribution in [0.1, 0.15) is 15.9 Å². The summed E-state index contributed by atoms with van der Waals surface area (Å²) in [5.74, 6) is -2.01. The first-order valence-corrected chi connectivity index (χ1v) is 6.83. The average Bonchev–Trinajstić information content (AvgIpc) is 2.55. The van der Waals surface area contributed by atoms with E-state index < -0.39 is 11.9 Å². The Hall–Kier alpha value is -3.48. The number of rotatable bonds is 5. The van der Waals surface area contributed by atoms with Crippen molar-refractivity contribution in [2.24, 2.45) is 0 Å². The lowest BCUT2D eigenvalue weighted by atomic mass is 10.1. The van der Waals surface area contributed by atoms with Crippen molar-refractivity contribution in [3.8, 4) is 17.2 Å². The molecule has 0 saturated heterocycles. The van der Waals surface area contributed by atoms with Crippen molar-refractivity contribution < 1.29 is 29.6 Å². The first-order chi connectivity index (χ1) is 11.4. The third-order valence-corrected chi connectivity index (χ3v) is 3.15. The van der Waals surface area contributed by atoms with Crippen LogP contribution in [0.5, 0.6) is 17.2 Å². The number of aromatic carboxylic acids is 1. The van der Waals surface area contributed by atoms with Gasteiger partial charge in [0, 0.05) is 6.08 Å². The summed E-state index contributed by atoms with van der Waals surface area (Å²) >= 11 is 0. The molecule has 0 bridgehead atoms. The van der Waals surface area contributed by atoms with Gasteiger partial charge in [0.25, 0.3) is 0 Å². The molecule has 7 heteroatoms. The number of amides is 1. The smallest absolute Gasteiger partial charge is 0.337 e. The number of carbonyl (C=O) groups excluding carboxylic acids is 1. The fourth-order valence-electron chi connectivity index (χ4n) is 1.98. The topological polar surface area (TPSA) is 116 Å². The number of aromatic hydroxyl groups is 2. The third kappa shape index (κ3) is 3.83. The van der Waals surface area contributed by atoms with E-state index in [9.17, 15) is 19.8 Å². The number of para-hydroxylation sites is 1. The number of carboxylic acids is 1. The largest absolute Gasteiger partial charge is 0.506 e. The quantitative estimate of drug-likeness (QED) is 0.494. The van der Waals surface area contributed by atoms with Gasteiger partial charge in [0.2, 0.25) is 5.91 Å². The van der Waals surface area contributed by atoms with Crippen LogP contribution >= 0.6 is 0 Å². The Morgan fingerprint density at radius 1 is 1.12 bits per heavy atom. The zero-order chi connectivity index (χ0) is 17.7. The molecule has 7 nitrogen and oxygen atoms in total. The molecule has 0 heterocycles. The van der Waals surface area contributed by atoms with Gasteiger partial charge in [-0.1, -0.05) is 12.1 Å². The summed E-state index contributed by atoms with van der Waals surface area (Å²) in [6.07, 6.45) is 2.63. The van der Waals surface area contributed by atoms with Gasteiger partial charge >= 0.3 is 5.97 Å². The second-order valence-electron chi connectivity index (χ2n) is 4.76. The van der Waals surface area contributed by atoms with Crippen molar-refractivity contribution in [1.29, 1.82) is 0 Å². The van der Waals surface area contributed by atoms with Crippen LogP contribution in [0, 0.1) is 0 Å². The van der Waals surface area contributed by atoms with Crippen molar-refractivity contribution in [1.82, 2.24) is 0 Å². The van der Waals surface area contributed by atoms with E-state index in [1.54, 1.807) is 6.07 Å². The monoisotopic (exact) mass is 329 g/mol. The Morgan fingerprint density at radius 2 is 1.88 bits per heavy atom. The minimum absolute atomic E-state index is 0.0283. The van der Waals surface area contributed by atoms with Crippen LogP contribution in [0.4, 0.5) is 5.69 Å². The minimum atomic E-state index is -1.27. The Kier molecular flexibility index (Phi) is 5.06. The highest BCUT2D eigenvalue weighted by atomic mass is 16.5. The SMILES string of the molecule is COc1cc(C=CC(=O)Nc2c(O)cccc2C(=O)O)ccc1O. The number of nitrogens with one attached hydrogen (secondary N) is 1. The predicted molar refractivity (Wildman–Crippen MR) is 87.4 cm³/mol. The van der Waals surface area contributed by atoms with E-state index in [0.717, 1.165) is 0 Å². The number of methoxy groups -OCH3 is 1. The molecular weight excluding hydrogens is 314 g/mol. The summed E-state index contributed by atoms with van der Waals surface area (Å²) in [4.78, 5) is 23.1. The number of phenols is 2. The lowest BCUT2D eigenvalue weighted by Crippen LogP contribution is -2.12. The standard InChI is InChI=1S/C17H15NO6/c1-24-14-9-10(5-7-12(14)19)6-8-15(21)18-16-11(17(22)23)3-2-4-13(16)20/h2-9,19-20H,1H3,(H,18,21)(H,22,23). The molecule has 124 valence electrons. The van der Waals surface area contributed by atoms with Gasteiger partial charge in [0.1, 0.15) is 5.75 Å². The second-order valence-corrected chi connectivity index (χ2v) is 4.76. The molecule has 2 aromatic rings. The van der Waals surface area contributed by atoms with Gasteiger partial charge in [0.15, 0.2) is 11.5 Å². The van der Waals surface area contributed by atoms with Gasteiger partial charge in [-0.15, -0.1) is 0 Å². The highest BCUT2D eigenvalue weighted by Crippen LogP contribution is 2.28. The van der Waals surface area contributed by atoms with Gasteiger partial charge in [-0.2, -0.15) is 0 Å². The van der Waals surface area contributed by atoms with Gasteiger partial charge in [-0.25, -0.2) is 4.79 Å². The van der Waals surface area contributed by atoms with Crippen LogP contribution in [0.3, 0.4) is 0 Å². The minimum Gasteiger partial charge on any atom is -0.506 e. The third-order valence-electron chi connectivity index (χ3n) is 3.15. The molecule has 1 amide bonds. The summed E-state index contributed by atoms with van der Waals surface area (Å²) in [7, 11) is 1.40. The average molecular weight is 329 g/mol. The van der Waals surface area contributed by atoms with Gasteiger partial charge in [0.05, 0.1) is 18.4 Å². The van der Waals surface area contributed by atoms with E-state index in [2.05, 4.69) is 5.32 Å². The number of carboxylic acid groups (broad SMARTS) is 1. The fraction of sp³-hybridized carbons (Fsp3) is 0.0588. The van der Waals surface area contributed by atoms with Crippen molar-refractivity contribution >= 4 is 23.6 Å². The van der Waals surface area contributed by atoms with Crippen LogP contribution in [0.2, 0.25) is 0 Å². The number of phenolic OH excluding ortho intramolecular Hbond substituents is 2. The maximum atomic E-state index is 12.0. The second kappa shape index (κ2) is 7.19. The summed E-state index contributed by atoms with van der Waals surface area (Å²) < 4.78 is 4.96. The van der Waals surface area contributed by atoms with E-state index in [4.69, 9.17) is 9.84 Å². The molecule has 0 unspecified atom stereocenters. The first-order valence-electron chi connectivity index (χ1n) is 6.83. The molecule has 2 aromatic carbocycles. The molecule has 0 spiro atoms. The number of carbonyl (C=O) groups is 2. The molecule has 0 aliphatic carbocycles. The number of ether oxygens (including phenoxy) is 1. The van der Waals surface area contributed by atoms with Crippen molar-refractivity contribution in [3.63, 3.8) is 0 Å². The molecule has 0 fully saturated rings. The number of hydrogen-bond donors (Lipinski definition) is 4. The van der Waals surface area contributed by atoms with Crippen molar-refractivity contribution in [2.75, 3.05) is 12.4 Å². The van der Waals surface area contributed by atoms with Crippen molar-refractivity contribution in [3.05, 3.63) is 53.6 Å². The van der Waals surface area contributed by atoms with E-state index in [-0.39, 0.29) is 28.5 Å².